The van der Waals surface area contributed by atoms with Crippen LogP contribution in [-0.4, -0.2) is 61.1 Å². The lowest BCUT2D eigenvalue weighted by Crippen LogP contribution is -2.34. The summed E-state index contributed by atoms with van der Waals surface area (Å²) in [5.41, 5.74) is 3.25. The fraction of sp³-hybridized carbons (Fsp3) is 0.444. The smallest absolute Gasteiger partial charge is 0.222 e. The number of aryl methyl sites for hydroxylation is 2. The van der Waals surface area contributed by atoms with Crippen LogP contribution in [0, 0.1) is 6.92 Å². The van der Waals surface area contributed by atoms with Gasteiger partial charge in [-0.1, -0.05) is 20.8 Å². The number of anilines is 3. The highest BCUT2D eigenvalue weighted by Crippen LogP contribution is 2.32. The van der Waals surface area contributed by atoms with Gasteiger partial charge >= 0.3 is 0 Å². The third-order valence-electron chi connectivity index (χ3n) is 6.42. The van der Waals surface area contributed by atoms with E-state index in [1.165, 1.54) is 6.92 Å². The minimum absolute atomic E-state index is 0.0386. The lowest BCUT2D eigenvalue weighted by molar-refractivity contribution is -0.114. The maximum atomic E-state index is 11.4. The molecule has 0 aliphatic carbocycles. The Hall–Kier alpha value is -4.03. The Morgan fingerprint density at radius 1 is 1.21 bits per heavy atom. The van der Waals surface area contributed by atoms with Gasteiger partial charge in [-0.05, 0) is 13.0 Å². The van der Waals surface area contributed by atoms with Crippen molar-refractivity contribution in [2.24, 2.45) is 7.05 Å². The van der Waals surface area contributed by atoms with Crippen molar-refractivity contribution in [3.8, 4) is 11.5 Å². The molecule has 39 heavy (non-hydrogen) atoms. The number of imidazole rings is 1. The Morgan fingerprint density at radius 3 is 2.74 bits per heavy atom. The van der Waals surface area contributed by atoms with Gasteiger partial charge in [0.05, 0.1) is 38.1 Å². The maximum Gasteiger partial charge on any atom is 0.222 e. The highest BCUT2D eigenvalue weighted by Gasteiger charge is 2.25. The molecule has 1 aliphatic rings. The summed E-state index contributed by atoms with van der Waals surface area (Å²) in [6, 6.07) is 5.43. The lowest BCUT2D eigenvalue weighted by Gasteiger charge is -2.26. The minimum Gasteiger partial charge on any atom is -0.455 e. The molecule has 12 nitrogen and oxygen atoms in total. The van der Waals surface area contributed by atoms with Crippen molar-refractivity contribution in [1.29, 1.82) is 0 Å². The summed E-state index contributed by atoms with van der Waals surface area (Å²) in [6.45, 7) is 12.3. The number of amides is 1. The molecule has 0 radical (unpaired) electrons. The van der Waals surface area contributed by atoms with Crippen LogP contribution in [0.1, 0.15) is 39.0 Å². The summed E-state index contributed by atoms with van der Waals surface area (Å²) < 4.78 is 21.5. The summed E-state index contributed by atoms with van der Waals surface area (Å²) in [4.78, 5) is 24.8. The molecule has 0 aromatic carbocycles. The van der Waals surface area contributed by atoms with E-state index in [1.807, 2.05) is 29.3 Å². The fourth-order valence-electron chi connectivity index (χ4n) is 4.56. The van der Waals surface area contributed by atoms with Gasteiger partial charge in [0.1, 0.15) is 17.7 Å². The van der Waals surface area contributed by atoms with Crippen LogP contribution in [-0.2, 0) is 33.3 Å². The molecular weight excluding hydrogens is 500 g/mol. The predicted molar refractivity (Wildman–Crippen MR) is 147 cm³/mol. The van der Waals surface area contributed by atoms with Gasteiger partial charge in [-0.2, -0.15) is 10.1 Å². The number of ether oxygens (including phenoxy) is 3. The Balaban J connectivity index is 1.41. The van der Waals surface area contributed by atoms with Crippen LogP contribution < -0.4 is 15.4 Å². The normalized spacial score (nSPS) is 15.9. The Morgan fingerprint density at radius 2 is 2.03 bits per heavy atom. The molecule has 1 aliphatic heterocycles. The number of nitrogens with zero attached hydrogens (tertiary/aromatic N) is 6. The number of hydrogen-bond acceptors (Lipinski definition) is 9. The largest absolute Gasteiger partial charge is 0.455 e. The Bertz CT molecular complexity index is 1500. The van der Waals surface area contributed by atoms with E-state index in [9.17, 15) is 4.79 Å². The predicted octanol–water partition coefficient (Wildman–Crippen LogP) is 4.08. The van der Waals surface area contributed by atoms with E-state index >= 15 is 0 Å². The molecule has 1 unspecified atom stereocenters. The first kappa shape index (κ1) is 26.6. The standard InChI is InChI=1S/C27H34N8O4/c1-16-20(39-18-7-8-28-22(11-18)30-17(2)36)13-29-25-24(16)34(6)26(32-25)31-23-12-21(27(3,4)5)35(33-23)14-19-15-37-9-10-38-19/h7-8,11-13,19H,9-10,14-15H2,1-6H3,(H,28,30,36)(H,29,31,32,33). The molecule has 1 amide bonds. The van der Waals surface area contributed by atoms with Gasteiger partial charge in [-0.15, -0.1) is 0 Å². The van der Waals surface area contributed by atoms with Crippen molar-refractivity contribution in [2.75, 3.05) is 30.5 Å². The van der Waals surface area contributed by atoms with Crippen molar-refractivity contribution >= 4 is 34.7 Å². The zero-order valence-corrected chi connectivity index (χ0v) is 23.1. The zero-order valence-electron chi connectivity index (χ0n) is 23.1. The lowest BCUT2D eigenvalue weighted by atomic mass is 9.92. The Kier molecular flexibility index (Phi) is 7.23. The first-order chi connectivity index (χ1) is 18.6. The van der Waals surface area contributed by atoms with Crippen molar-refractivity contribution < 1.29 is 19.0 Å². The first-order valence-corrected chi connectivity index (χ1v) is 12.9. The molecule has 1 saturated heterocycles. The van der Waals surface area contributed by atoms with Crippen LogP contribution in [0.2, 0.25) is 0 Å². The SMILES string of the molecule is CC(=O)Nc1cc(Oc2cnc3nc(Nc4cc(C(C)(C)C)n(CC5COCCO5)n4)n(C)c3c2C)ccn1. The topological polar surface area (TPSA) is 130 Å². The number of carbonyl (C=O) groups is 1. The molecule has 0 spiro atoms. The van der Waals surface area contributed by atoms with E-state index in [4.69, 9.17) is 24.3 Å². The van der Waals surface area contributed by atoms with Crippen LogP contribution in [0.15, 0.2) is 30.6 Å². The number of aromatic nitrogens is 6. The molecule has 12 heteroatoms. The second kappa shape index (κ2) is 10.6. The van der Waals surface area contributed by atoms with E-state index in [0.29, 0.717) is 61.1 Å². The number of nitrogens with one attached hydrogen (secondary N) is 2. The van der Waals surface area contributed by atoms with Crippen molar-refractivity contribution in [2.45, 2.75) is 52.7 Å². The third kappa shape index (κ3) is 5.86. The number of carbonyl (C=O) groups excluding carboxylic acids is 1. The molecule has 1 atom stereocenters. The van der Waals surface area contributed by atoms with Gasteiger partial charge in [0.25, 0.3) is 0 Å². The highest BCUT2D eigenvalue weighted by atomic mass is 16.6. The first-order valence-electron chi connectivity index (χ1n) is 12.9. The van der Waals surface area contributed by atoms with Crippen LogP contribution >= 0.6 is 0 Å². The minimum atomic E-state index is -0.204. The van der Waals surface area contributed by atoms with Crippen molar-refractivity contribution in [3.63, 3.8) is 0 Å². The molecule has 4 aromatic heterocycles. The fourth-order valence-corrected chi connectivity index (χ4v) is 4.56. The van der Waals surface area contributed by atoms with Crippen molar-refractivity contribution in [1.82, 2.24) is 29.3 Å². The van der Waals surface area contributed by atoms with Gasteiger partial charge in [-0.25, -0.2) is 9.97 Å². The Labute approximate surface area is 226 Å². The molecule has 5 heterocycles. The summed E-state index contributed by atoms with van der Waals surface area (Å²) in [5.74, 6) is 2.61. The number of hydrogen-bond donors (Lipinski definition) is 2. The summed E-state index contributed by atoms with van der Waals surface area (Å²) in [6.07, 6.45) is 3.18. The quantitative estimate of drug-likeness (QED) is 0.360. The third-order valence-corrected chi connectivity index (χ3v) is 6.42. The van der Waals surface area contributed by atoms with Crippen LogP contribution in [0.3, 0.4) is 0 Å². The number of pyridine rings is 2. The number of rotatable bonds is 7. The summed E-state index contributed by atoms with van der Waals surface area (Å²) in [5, 5.41) is 10.9. The second-order valence-corrected chi connectivity index (χ2v) is 10.6. The van der Waals surface area contributed by atoms with Crippen molar-refractivity contribution in [3.05, 3.63) is 41.9 Å². The average molecular weight is 535 g/mol. The second-order valence-electron chi connectivity index (χ2n) is 10.6. The molecule has 5 rings (SSSR count). The van der Waals surface area contributed by atoms with Crippen LogP contribution in [0.4, 0.5) is 17.6 Å². The summed E-state index contributed by atoms with van der Waals surface area (Å²) >= 11 is 0. The molecular formula is C27H34N8O4. The molecule has 0 saturated carbocycles. The van der Waals surface area contributed by atoms with Gasteiger partial charge in [0, 0.05) is 49.0 Å². The average Bonchev–Trinajstić information content (AvgIpc) is 3.42. The maximum absolute atomic E-state index is 11.4. The van der Waals surface area contributed by atoms with Gasteiger partial charge < -0.3 is 29.4 Å². The molecule has 0 bridgehead atoms. The number of fused-ring (bicyclic) bond motifs is 1. The van der Waals surface area contributed by atoms with E-state index in [-0.39, 0.29) is 17.4 Å². The van der Waals surface area contributed by atoms with Crippen LogP contribution in [0.25, 0.3) is 11.2 Å². The van der Waals surface area contributed by atoms with E-state index < -0.39 is 0 Å². The van der Waals surface area contributed by atoms with Crippen LogP contribution in [0.5, 0.6) is 11.5 Å². The van der Waals surface area contributed by atoms with Gasteiger partial charge in [-0.3, -0.25) is 9.48 Å². The molecule has 2 N–H and O–H groups in total. The zero-order chi connectivity index (χ0) is 27.7. The highest BCUT2D eigenvalue weighted by molar-refractivity contribution is 5.87. The van der Waals surface area contributed by atoms with Gasteiger partial charge in [0.2, 0.25) is 11.9 Å². The van der Waals surface area contributed by atoms with E-state index in [0.717, 1.165) is 16.8 Å². The van der Waals surface area contributed by atoms with E-state index in [1.54, 1.807) is 24.5 Å². The molecule has 4 aromatic rings. The summed E-state index contributed by atoms with van der Waals surface area (Å²) in [7, 11) is 1.92. The monoisotopic (exact) mass is 534 g/mol. The molecule has 206 valence electrons. The van der Waals surface area contributed by atoms with E-state index in [2.05, 4.69) is 41.4 Å². The molecule has 1 fully saturated rings. The van der Waals surface area contributed by atoms with Gasteiger partial charge in [0.15, 0.2) is 17.2 Å².